The quantitative estimate of drug-likeness (QED) is 0.479. The van der Waals surface area contributed by atoms with Crippen molar-refractivity contribution in [2.75, 3.05) is 0 Å². The van der Waals surface area contributed by atoms with E-state index in [0.29, 0.717) is 5.65 Å². The molecule has 8 heteroatoms. The number of hydrogen-bond donors (Lipinski definition) is 2. The average Bonchev–Trinajstić information content (AvgIpc) is 3.51. The Kier molecular flexibility index (Phi) is 3.22. The fourth-order valence-electron chi connectivity index (χ4n) is 3.67. The first kappa shape index (κ1) is 15.8. The smallest absolute Gasteiger partial charge is 0.181 e. The van der Waals surface area contributed by atoms with Crippen LogP contribution in [0.25, 0.3) is 55.6 Å². The molecule has 0 aliphatic heterocycles. The highest BCUT2D eigenvalue weighted by molar-refractivity contribution is 6.00. The van der Waals surface area contributed by atoms with E-state index in [0.717, 1.165) is 49.9 Å². The number of pyridine rings is 2. The number of hydrogen-bond acceptors (Lipinski definition) is 5. The number of nitrogens with zero attached hydrogens (tertiary/aromatic N) is 5. The highest BCUT2D eigenvalue weighted by atomic mass is 16.3. The summed E-state index contributed by atoms with van der Waals surface area (Å²) in [6.45, 7) is 0. The molecule has 0 aliphatic rings. The van der Waals surface area contributed by atoms with Gasteiger partial charge in [0, 0.05) is 58.7 Å². The van der Waals surface area contributed by atoms with E-state index in [1.807, 2.05) is 44.1 Å². The summed E-state index contributed by atoms with van der Waals surface area (Å²) in [5.41, 5.74) is 7.41. The van der Waals surface area contributed by atoms with Crippen LogP contribution in [-0.4, -0.2) is 34.9 Å². The monoisotopic (exact) mass is 381 g/mol. The summed E-state index contributed by atoms with van der Waals surface area (Å²) in [7, 11) is 1.90. The summed E-state index contributed by atoms with van der Waals surface area (Å²) in [4.78, 5) is 12.3. The summed E-state index contributed by atoms with van der Waals surface area (Å²) in [5, 5.41) is 13.8. The minimum absolute atomic E-state index is 0.666. The van der Waals surface area contributed by atoms with Crippen molar-refractivity contribution >= 4 is 21.9 Å². The standard InChI is InChI=1S/C21H15N7O/c1-28-10-14(7-24-28)13-4-16-20(26-27-21(16)23-6-13)18-5-15-17(12-2-3-29-11-12)8-22-9-19(15)25-18/h2-11,25H,1H3,(H,23,26,27). The van der Waals surface area contributed by atoms with Crippen molar-refractivity contribution in [3.8, 4) is 33.6 Å². The number of fused-ring (bicyclic) bond motifs is 2. The second-order valence-corrected chi connectivity index (χ2v) is 6.94. The molecule has 0 saturated heterocycles. The van der Waals surface area contributed by atoms with Crippen LogP contribution in [0.3, 0.4) is 0 Å². The molecule has 0 aromatic carbocycles. The van der Waals surface area contributed by atoms with Gasteiger partial charge < -0.3 is 9.40 Å². The fraction of sp³-hybridized carbons (Fsp3) is 0.0476. The molecule has 6 aromatic heterocycles. The van der Waals surface area contributed by atoms with Crippen LogP contribution in [0.2, 0.25) is 0 Å². The van der Waals surface area contributed by atoms with Gasteiger partial charge in [0.1, 0.15) is 0 Å². The molecule has 29 heavy (non-hydrogen) atoms. The largest absolute Gasteiger partial charge is 0.472 e. The van der Waals surface area contributed by atoms with Gasteiger partial charge in [0.15, 0.2) is 5.65 Å². The van der Waals surface area contributed by atoms with Gasteiger partial charge in [-0.25, -0.2) is 4.98 Å². The lowest BCUT2D eigenvalue weighted by molar-refractivity contribution is 0.568. The molecular weight excluding hydrogens is 366 g/mol. The first-order chi connectivity index (χ1) is 14.3. The Morgan fingerprint density at radius 3 is 2.79 bits per heavy atom. The predicted octanol–water partition coefficient (Wildman–Crippen LogP) is 4.16. The average molecular weight is 381 g/mol. The molecule has 2 N–H and O–H groups in total. The number of rotatable bonds is 3. The maximum atomic E-state index is 5.24. The number of H-pyrrole nitrogens is 2. The van der Waals surface area contributed by atoms with E-state index in [9.17, 15) is 0 Å². The molecule has 6 heterocycles. The van der Waals surface area contributed by atoms with Crippen LogP contribution in [0, 0.1) is 0 Å². The van der Waals surface area contributed by atoms with Gasteiger partial charge >= 0.3 is 0 Å². The number of aromatic nitrogens is 7. The van der Waals surface area contributed by atoms with Crippen molar-refractivity contribution < 1.29 is 4.42 Å². The third-order valence-corrected chi connectivity index (χ3v) is 5.09. The molecule has 140 valence electrons. The molecule has 0 unspecified atom stereocenters. The molecule has 6 rings (SSSR count). The highest BCUT2D eigenvalue weighted by Crippen LogP contribution is 2.34. The Labute approximate surface area is 164 Å². The van der Waals surface area contributed by atoms with E-state index in [4.69, 9.17) is 4.42 Å². The Hall–Kier alpha value is -4.20. The van der Waals surface area contributed by atoms with Gasteiger partial charge in [0.05, 0.1) is 41.8 Å². The third kappa shape index (κ3) is 2.46. The minimum atomic E-state index is 0.666. The van der Waals surface area contributed by atoms with Gasteiger partial charge in [0.25, 0.3) is 0 Å². The molecule has 0 amide bonds. The molecule has 0 radical (unpaired) electrons. The lowest BCUT2D eigenvalue weighted by atomic mass is 10.1. The summed E-state index contributed by atoms with van der Waals surface area (Å²) in [6, 6.07) is 6.11. The summed E-state index contributed by atoms with van der Waals surface area (Å²) in [5.74, 6) is 0. The van der Waals surface area contributed by atoms with Crippen LogP contribution in [-0.2, 0) is 7.05 Å². The molecule has 0 atom stereocenters. The predicted molar refractivity (Wildman–Crippen MR) is 109 cm³/mol. The van der Waals surface area contributed by atoms with Crippen molar-refractivity contribution in [2.45, 2.75) is 0 Å². The second-order valence-electron chi connectivity index (χ2n) is 6.94. The van der Waals surface area contributed by atoms with Crippen LogP contribution in [0.5, 0.6) is 0 Å². The lowest BCUT2D eigenvalue weighted by Gasteiger charge is -1.98. The number of furan rings is 1. The molecule has 6 aromatic rings. The Morgan fingerprint density at radius 2 is 1.97 bits per heavy atom. The molecular formula is C21H15N7O. The van der Waals surface area contributed by atoms with E-state index in [2.05, 4.69) is 42.4 Å². The third-order valence-electron chi connectivity index (χ3n) is 5.09. The van der Waals surface area contributed by atoms with Gasteiger partial charge in [-0.2, -0.15) is 10.2 Å². The zero-order chi connectivity index (χ0) is 19.4. The topological polar surface area (TPSA) is 101 Å². The number of nitrogens with one attached hydrogen (secondary N) is 2. The van der Waals surface area contributed by atoms with Crippen molar-refractivity contribution in [2.24, 2.45) is 7.05 Å². The van der Waals surface area contributed by atoms with Crippen LogP contribution in [0.1, 0.15) is 0 Å². The van der Waals surface area contributed by atoms with Crippen molar-refractivity contribution in [1.82, 2.24) is 34.9 Å². The molecule has 0 spiro atoms. The summed E-state index contributed by atoms with van der Waals surface area (Å²) >= 11 is 0. The number of aromatic amines is 2. The number of aryl methyl sites for hydroxylation is 1. The lowest BCUT2D eigenvalue weighted by Crippen LogP contribution is -1.84. The van der Waals surface area contributed by atoms with Crippen LogP contribution >= 0.6 is 0 Å². The van der Waals surface area contributed by atoms with Gasteiger partial charge in [-0.3, -0.25) is 14.8 Å². The van der Waals surface area contributed by atoms with Crippen molar-refractivity contribution in [3.63, 3.8) is 0 Å². The maximum Gasteiger partial charge on any atom is 0.181 e. The molecule has 0 bridgehead atoms. The van der Waals surface area contributed by atoms with Crippen LogP contribution in [0.4, 0.5) is 0 Å². The van der Waals surface area contributed by atoms with Crippen molar-refractivity contribution in [3.05, 3.63) is 61.7 Å². The summed E-state index contributed by atoms with van der Waals surface area (Å²) < 4.78 is 7.02. The zero-order valence-electron chi connectivity index (χ0n) is 15.4. The second kappa shape index (κ2) is 5.90. The normalized spacial score (nSPS) is 11.6. The molecule has 0 aliphatic carbocycles. The minimum Gasteiger partial charge on any atom is -0.472 e. The Bertz CT molecular complexity index is 1470. The van der Waals surface area contributed by atoms with Crippen LogP contribution in [0.15, 0.2) is 66.1 Å². The van der Waals surface area contributed by atoms with Crippen LogP contribution < -0.4 is 0 Å². The van der Waals surface area contributed by atoms with E-state index in [1.54, 1.807) is 17.2 Å². The maximum absolute atomic E-state index is 5.24. The van der Waals surface area contributed by atoms with E-state index < -0.39 is 0 Å². The van der Waals surface area contributed by atoms with Gasteiger partial charge in [-0.1, -0.05) is 0 Å². The first-order valence-corrected chi connectivity index (χ1v) is 9.09. The van der Waals surface area contributed by atoms with E-state index in [1.165, 1.54) is 0 Å². The van der Waals surface area contributed by atoms with E-state index in [-0.39, 0.29) is 0 Å². The summed E-state index contributed by atoms with van der Waals surface area (Å²) in [6.07, 6.45) is 12.7. The molecule has 8 nitrogen and oxygen atoms in total. The van der Waals surface area contributed by atoms with Gasteiger partial charge in [0.2, 0.25) is 0 Å². The molecule has 0 saturated carbocycles. The Morgan fingerprint density at radius 1 is 1.00 bits per heavy atom. The fourth-order valence-corrected chi connectivity index (χ4v) is 3.67. The SMILES string of the molecule is Cn1cc(-c2cnc3n[nH]c(-c4cc5c(-c6ccoc6)cncc5[nH]4)c3c2)cn1. The first-order valence-electron chi connectivity index (χ1n) is 9.09. The van der Waals surface area contributed by atoms with Gasteiger partial charge in [-0.05, 0) is 18.2 Å². The zero-order valence-corrected chi connectivity index (χ0v) is 15.4. The van der Waals surface area contributed by atoms with Gasteiger partial charge in [-0.15, -0.1) is 0 Å². The van der Waals surface area contributed by atoms with Crippen molar-refractivity contribution in [1.29, 1.82) is 0 Å². The highest BCUT2D eigenvalue weighted by Gasteiger charge is 2.15. The molecule has 0 fully saturated rings. The Balaban J connectivity index is 1.53. The van der Waals surface area contributed by atoms with E-state index >= 15 is 0 Å².